The molecule has 0 spiro atoms. The van der Waals surface area contributed by atoms with Crippen molar-refractivity contribution in [1.29, 1.82) is 0 Å². The third-order valence-corrected chi connectivity index (χ3v) is 8.26. The van der Waals surface area contributed by atoms with Crippen LogP contribution in [0.25, 0.3) is 0 Å². The van der Waals surface area contributed by atoms with Gasteiger partial charge in [-0.15, -0.1) is 0 Å². The van der Waals surface area contributed by atoms with E-state index in [4.69, 9.17) is 27.9 Å². The first-order valence-corrected chi connectivity index (χ1v) is 13.9. The summed E-state index contributed by atoms with van der Waals surface area (Å²) in [5.41, 5.74) is -2.55. The number of pyridine rings is 1. The average Bonchev–Trinajstić information content (AvgIpc) is 3.25. The SMILES string of the molecule is CCC(O)(c1cc(F)c2c(c1)C(=O)N(C(CC(=O)O)c1ccc(Cl)cc1)[C@@]2(OC)c1ccc(Cl)cc1)c1ccccn1. The summed E-state index contributed by atoms with van der Waals surface area (Å²) in [6.45, 7) is 1.73. The maximum Gasteiger partial charge on any atom is 0.305 e. The summed E-state index contributed by atoms with van der Waals surface area (Å²) in [7, 11) is 1.33. The van der Waals surface area contributed by atoms with Crippen LogP contribution in [0, 0.1) is 5.82 Å². The molecule has 1 aliphatic heterocycles. The van der Waals surface area contributed by atoms with E-state index in [1.807, 2.05) is 0 Å². The number of carboxylic acids is 1. The summed E-state index contributed by atoms with van der Waals surface area (Å²) in [5, 5.41) is 22.5. The molecule has 3 atom stereocenters. The second-order valence-corrected chi connectivity index (χ2v) is 10.9. The Labute approximate surface area is 252 Å². The van der Waals surface area contributed by atoms with E-state index >= 15 is 4.39 Å². The minimum absolute atomic E-state index is 0.0750. The molecule has 0 saturated carbocycles. The van der Waals surface area contributed by atoms with Crippen molar-refractivity contribution in [2.24, 2.45) is 0 Å². The highest BCUT2D eigenvalue weighted by atomic mass is 35.5. The maximum atomic E-state index is 16.6. The Balaban J connectivity index is 1.81. The molecule has 0 saturated heterocycles. The van der Waals surface area contributed by atoms with Crippen molar-refractivity contribution in [3.63, 3.8) is 0 Å². The van der Waals surface area contributed by atoms with Crippen molar-refractivity contribution in [2.45, 2.75) is 37.1 Å². The van der Waals surface area contributed by atoms with Crippen molar-refractivity contribution in [3.05, 3.63) is 134 Å². The molecule has 2 unspecified atom stereocenters. The number of fused-ring (bicyclic) bond motifs is 1. The van der Waals surface area contributed by atoms with Gasteiger partial charge in [-0.05, 0) is 66.1 Å². The molecule has 2 heterocycles. The lowest BCUT2D eigenvalue weighted by atomic mass is 9.84. The van der Waals surface area contributed by atoms with Crippen molar-refractivity contribution < 1.29 is 28.9 Å². The molecule has 7 nitrogen and oxygen atoms in total. The molecular weight excluding hydrogens is 582 g/mol. The molecule has 0 bridgehead atoms. The summed E-state index contributed by atoms with van der Waals surface area (Å²) in [6.07, 6.45) is 1.15. The number of hydrogen-bond donors (Lipinski definition) is 2. The molecule has 10 heteroatoms. The number of aromatic nitrogens is 1. The maximum absolute atomic E-state index is 16.6. The second-order valence-electron chi connectivity index (χ2n) is 10.0. The Morgan fingerprint density at radius 1 is 1.07 bits per heavy atom. The van der Waals surface area contributed by atoms with Crippen molar-refractivity contribution >= 4 is 35.1 Å². The zero-order chi connectivity index (χ0) is 30.2. The Kier molecular flexibility index (Phi) is 8.09. The number of aliphatic carboxylic acids is 1. The molecule has 1 amide bonds. The number of halogens is 3. The number of carbonyl (C=O) groups excluding carboxylic acids is 1. The summed E-state index contributed by atoms with van der Waals surface area (Å²) in [4.78, 5) is 32.2. The van der Waals surface area contributed by atoms with Gasteiger partial charge >= 0.3 is 5.97 Å². The van der Waals surface area contributed by atoms with Crippen molar-refractivity contribution in [1.82, 2.24) is 9.88 Å². The van der Waals surface area contributed by atoms with E-state index < -0.39 is 41.5 Å². The first-order valence-electron chi connectivity index (χ1n) is 13.2. The highest BCUT2D eigenvalue weighted by molar-refractivity contribution is 6.30. The van der Waals surface area contributed by atoms with Crippen LogP contribution in [-0.2, 0) is 20.9 Å². The van der Waals surface area contributed by atoms with Gasteiger partial charge in [0.1, 0.15) is 11.4 Å². The van der Waals surface area contributed by atoms with Gasteiger partial charge in [-0.25, -0.2) is 4.39 Å². The minimum Gasteiger partial charge on any atom is -0.481 e. The normalized spacial score (nSPS) is 18.4. The first-order chi connectivity index (χ1) is 20.1. The fraction of sp³-hybridized carbons (Fsp3) is 0.219. The van der Waals surface area contributed by atoms with Gasteiger partial charge in [0.25, 0.3) is 5.91 Å². The van der Waals surface area contributed by atoms with Gasteiger partial charge in [0.05, 0.1) is 29.3 Å². The Hall–Kier alpha value is -3.82. The first kappa shape index (κ1) is 29.7. The van der Waals surface area contributed by atoms with Crippen LogP contribution in [0.5, 0.6) is 0 Å². The quantitative estimate of drug-likeness (QED) is 0.219. The van der Waals surface area contributed by atoms with Crippen molar-refractivity contribution in [2.75, 3.05) is 7.11 Å². The van der Waals surface area contributed by atoms with Crippen LogP contribution in [-0.4, -0.2) is 39.1 Å². The Bertz CT molecular complexity index is 1640. The van der Waals surface area contributed by atoms with Crippen LogP contribution in [0.15, 0.2) is 85.1 Å². The highest BCUT2D eigenvalue weighted by Gasteiger charge is 2.57. The molecule has 42 heavy (non-hydrogen) atoms. The zero-order valence-corrected chi connectivity index (χ0v) is 24.2. The molecule has 4 aromatic rings. The second kappa shape index (κ2) is 11.5. The van der Waals surface area contributed by atoms with E-state index in [1.54, 1.807) is 73.7 Å². The average molecular weight is 609 g/mol. The molecular formula is C32H27Cl2FN2O5. The number of benzene rings is 3. The fourth-order valence-electron chi connectivity index (χ4n) is 5.74. The lowest BCUT2D eigenvalue weighted by Gasteiger charge is -2.42. The van der Waals surface area contributed by atoms with Gasteiger partial charge in [0.15, 0.2) is 5.72 Å². The third-order valence-electron chi connectivity index (χ3n) is 7.76. The molecule has 1 aliphatic rings. The fourth-order valence-corrected chi connectivity index (χ4v) is 5.99. The standard InChI is InChI=1S/C32H27Cl2FN2O5/c1-3-31(41,27-6-4-5-15-36-27)21-16-24-29(25(35)17-21)32(42-2,20-9-13-23(34)14-10-20)37(30(24)40)26(18-28(38)39)19-7-11-22(33)12-8-19/h4-17,26,41H,3,18H2,1-2H3,(H,38,39)/t26?,31?,32-/m1/s1. The summed E-state index contributed by atoms with van der Waals surface area (Å²) in [6, 6.07) is 19.3. The molecule has 216 valence electrons. The third kappa shape index (κ3) is 4.84. The van der Waals surface area contributed by atoms with Crippen molar-refractivity contribution in [3.8, 4) is 0 Å². The predicted molar refractivity (Wildman–Crippen MR) is 156 cm³/mol. The van der Waals surface area contributed by atoms with Gasteiger partial charge in [-0.1, -0.05) is 60.5 Å². The van der Waals surface area contributed by atoms with Crippen LogP contribution in [0.3, 0.4) is 0 Å². The van der Waals surface area contributed by atoms with Crippen LogP contribution in [0.4, 0.5) is 4.39 Å². The number of carbonyl (C=O) groups is 2. The van der Waals surface area contributed by atoms with E-state index in [2.05, 4.69) is 4.98 Å². The summed E-state index contributed by atoms with van der Waals surface area (Å²) < 4.78 is 22.6. The number of amides is 1. The molecule has 0 radical (unpaired) electrons. The molecule has 0 aliphatic carbocycles. The van der Waals surface area contributed by atoms with Gasteiger partial charge in [0.2, 0.25) is 0 Å². The smallest absolute Gasteiger partial charge is 0.305 e. The van der Waals surface area contributed by atoms with E-state index in [-0.39, 0.29) is 28.8 Å². The van der Waals surface area contributed by atoms with E-state index in [1.165, 1.54) is 30.3 Å². The number of nitrogens with zero attached hydrogens (tertiary/aromatic N) is 2. The topological polar surface area (TPSA) is 100.0 Å². The van der Waals surface area contributed by atoms with Gasteiger partial charge in [0, 0.05) is 28.9 Å². The summed E-state index contributed by atoms with van der Waals surface area (Å²) in [5.74, 6) is -2.68. The Morgan fingerprint density at radius 2 is 1.71 bits per heavy atom. The highest BCUT2D eigenvalue weighted by Crippen LogP contribution is 2.52. The monoisotopic (exact) mass is 608 g/mol. The minimum atomic E-state index is -1.88. The van der Waals surface area contributed by atoms with Gasteiger partial charge < -0.3 is 14.9 Å². The molecule has 0 fully saturated rings. The van der Waals surface area contributed by atoms with Crippen LogP contribution < -0.4 is 0 Å². The lowest BCUT2D eigenvalue weighted by molar-refractivity contribution is -0.142. The zero-order valence-electron chi connectivity index (χ0n) is 22.7. The Morgan fingerprint density at radius 3 is 2.26 bits per heavy atom. The molecule has 2 N–H and O–H groups in total. The van der Waals surface area contributed by atoms with E-state index in [9.17, 15) is 19.8 Å². The number of hydrogen-bond acceptors (Lipinski definition) is 5. The van der Waals surface area contributed by atoms with Gasteiger partial charge in [-0.2, -0.15) is 0 Å². The number of carboxylic acid groups (broad SMARTS) is 1. The predicted octanol–water partition coefficient (Wildman–Crippen LogP) is 6.69. The van der Waals surface area contributed by atoms with Crippen LogP contribution in [0.1, 0.15) is 64.1 Å². The van der Waals surface area contributed by atoms with E-state index in [0.717, 1.165) is 0 Å². The summed E-state index contributed by atoms with van der Waals surface area (Å²) >= 11 is 12.3. The number of ether oxygens (including phenoxy) is 1. The van der Waals surface area contributed by atoms with Crippen LogP contribution in [0.2, 0.25) is 10.0 Å². The van der Waals surface area contributed by atoms with E-state index in [0.29, 0.717) is 21.2 Å². The molecule has 3 aromatic carbocycles. The largest absolute Gasteiger partial charge is 0.481 e. The number of methoxy groups -OCH3 is 1. The lowest BCUT2D eigenvalue weighted by Crippen LogP contribution is -2.49. The molecule has 5 rings (SSSR count). The van der Waals surface area contributed by atoms with Crippen LogP contribution >= 0.6 is 23.2 Å². The van der Waals surface area contributed by atoms with Gasteiger partial charge in [-0.3, -0.25) is 19.5 Å². The number of aliphatic hydroxyl groups is 1. The molecule has 1 aromatic heterocycles. The number of rotatable bonds is 9.